The van der Waals surface area contributed by atoms with Crippen molar-refractivity contribution in [2.75, 3.05) is 0 Å². The highest BCUT2D eigenvalue weighted by molar-refractivity contribution is 5.91. The zero-order valence-electron chi connectivity index (χ0n) is 8.11. The third-order valence-corrected chi connectivity index (χ3v) is 1.99. The lowest BCUT2D eigenvalue weighted by atomic mass is 10.1. The van der Waals surface area contributed by atoms with Gasteiger partial charge in [-0.2, -0.15) is 0 Å². The molecule has 0 aliphatic carbocycles. The summed E-state index contributed by atoms with van der Waals surface area (Å²) in [5.74, 6) is 3.93. The summed E-state index contributed by atoms with van der Waals surface area (Å²) in [5.41, 5.74) is 2.81. The molecular formula is C10H8FN3O2. The van der Waals surface area contributed by atoms with E-state index in [1.165, 1.54) is 18.2 Å². The van der Waals surface area contributed by atoms with Gasteiger partial charge < -0.3 is 4.52 Å². The number of nitrogens with one attached hydrogen (secondary N) is 1. The number of carbonyl (C=O) groups is 1. The van der Waals surface area contributed by atoms with Crippen molar-refractivity contribution in [3.8, 4) is 11.3 Å². The van der Waals surface area contributed by atoms with Gasteiger partial charge in [-0.25, -0.2) is 10.2 Å². The average molecular weight is 221 g/mol. The molecule has 2 aromatic rings. The standard InChI is InChI=1S/C10H8FN3O2/c11-7-3-1-2-6(4-7)8-5-9(16-14-8)10(15)13-12/h1-5H,12H2,(H,13,15). The van der Waals surface area contributed by atoms with E-state index in [-0.39, 0.29) is 11.6 Å². The van der Waals surface area contributed by atoms with Crippen LogP contribution in [0.15, 0.2) is 34.9 Å². The largest absolute Gasteiger partial charge is 0.350 e. The number of carbonyl (C=O) groups excluding carboxylic acids is 1. The van der Waals surface area contributed by atoms with Crippen LogP contribution < -0.4 is 11.3 Å². The molecule has 3 N–H and O–H groups in total. The fourth-order valence-corrected chi connectivity index (χ4v) is 1.24. The van der Waals surface area contributed by atoms with E-state index in [4.69, 9.17) is 10.4 Å². The Morgan fingerprint density at radius 2 is 2.25 bits per heavy atom. The van der Waals surface area contributed by atoms with E-state index >= 15 is 0 Å². The number of aromatic nitrogens is 1. The van der Waals surface area contributed by atoms with Crippen LogP contribution in [-0.2, 0) is 0 Å². The van der Waals surface area contributed by atoms with Crippen LogP contribution >= 0.6 is 0 Å². The van der Waals surface area contributed by atoms with Gasteiger partial charge in [-0.15, -0.1) is 0 Å². The number of hydrogen-bond donors (Lipinski definition) is 2. The molecule has 0 fully saturated rings. The van der Waals surface area contributed by atoms with Crippen molar-refractivity contribution in [3.63, 3.8) is 0 Å². The van der Waals surface area contributed by atoms with Crippen LogP contribution in [0.2, 0.25) is 0 Å². The number of rotatable bonds is 2. The van der Waals surface area contributed by atoms with Crippen LogP contribution in [0.3, 0.4) is 0 Å². The number of benzene rings is 1. The van der Waals surface area contributed by atoms with Crippen molar-refractivity contribution < 1.29 is 13.7 Å². The van der Waals surface area contributed by atoms with Crippen LogP contribution in [0.1, 0.15) is 10.6 Å². The summed E-state index contributed by atoms with van der Waals surface area (Å²) in [6, 6.07) is 7.20. The minimum Gasteiger partial charge on any atom is -0.350 e. The number of nitrogens with zero attached hydrogens (tertiary/aromatic N) is 1. The van der Waals surface area contributed by atoms with Crippen molar-refractivity contribution in [3.05, 3.63) is 41.9 Å². The summed E-state index contributed by atoms with van der Waals surface area (Å²) in [6.07, 6.45) is 0. The molecule has 6 heteroatoms. The van der Waals surface area contributed by atoms with Crippen molar-refractivity contribution in [2.45, 2.75) is 0 Å². The van der Waals surface area contributed by atoms with Gasteiger partial charge in [-0.1, -0.05) is 17.3 Å². The molecule has 0 aliphatic heterocycles. The first-order valence-electron chi connectivity index (χ1n) is 4.44. The number of hydrazine groups is 1. The number of hydrogen-bond acceptors (Lipinski definition) is 4. The van der Waals surface area contributed by atoms with Gasteiger partial charge in [0.05, 0.1) is 0 Å². The van der Waals surface area contributed by atoms with Gasteiger partial charge in [0.15, 0.2) is 0 Å². The van der Waals surface area contributed by atoms with E-state index in [2.05, 4.69) is 5.16 Å². The summed E-state index contributed by atoms with van der Waals surface area (Å²) in [7, 11) is 0. The predicted octanol–water partition coefficient (Wildman–Crippen LogP) is 1.08. The quantitative estimate of drug-likeness (QED) is 0.451. The molecule has 0 radical (unpaired) electrons. The second-order valence-corrected chi connectivity index (χ2v) is 3.06. The highest BCUT2D eigenvalue weighted by Gasteiger charge is 2.12. The lowest BCUT2D eigenvalue weighted by Gasteiger charge is -1.93. The van der Waals surface area contributed by atoms with E-state index in [1.54, 1.807) is 12.1 Å². The first-order chi connectivity index (χ1) is 7.70. The predicted molar refractivity (Wildman–Crippen MR) is 53.6 cm³/mol. The van der Waals surface area contributed by atoms with Gasteiger partial charge in [0.2, 0.25) is 5.76 Å². The Balaban J connectivity index is 2.35. The molecule has 0 unspecified atom stereocenters. The van der Waals surface area contributed by atoms with Crippen molar-refractivity contribution >= 4 is 5.91 Å². The van der Waals surface area contributed by atoms with Gasteiger partial charge in [0.1, 0.15) is 11.5 Å². The zero-order valence-corrected chi connectivity index (χ0v) is 8.11. The Morgan fingerprint density at radius 1 is 1.44 bits per heavy atom. The number of nitrogens with two attached hydrogens (primary N) is 1. The monoisotopic (exact) mass is 221 g/mol. The third-order valence-electron chi connectivity index (χ3n) is 1.99. The summed E-state index contributed by atoms with van der Waals surface area (Å²) in [4.78, 5) is 11.1. The van der Waals surface area contributed by atoms with Crippen molar-refractivity contribution in [1.82, 2.24) is 10.6 Å². The van der Waals surface area contributed by atoms with E-state index in [9.17, 15) is 9.18 Å². The highest BCUT2D eigenvalue weighted by atomic mass is 19.1. The first-order valence-corrected chi connectivity index (χ1v) is 4.44. The fourth-order valence-electron chi connectivity index (χ4n) is 1.24. The molecule has 0 spiro atoms. The van der Waals surface area contributed by atoms with Gasteiger partial charge in [-0.3, -0.25) is 10.2 Å². The van der Waals surface area contributed by atoms with Crippen LogP contribution in [0.5, 0.6) is 0 Å². The second-order valence-electron chi connectivity index (χ2n) is 3.06. The van der Waals surface area contributed by atoms with Gasteiger partial charge >= 0.3 is 5.91 Å². The minimum absolute atomic E-state index is 0.0261. The molecule has 1 aromatic carbocycles. The Labute approximate surface area is 90.0 Å². The normalized spacial score (nSPS) is 10.1. The topological polar surface area (TPSA) is 81.1 Å². The van der Waals surface area contributed by atoms with E-state index in [1.807, 2.05) is 5.43 Å². The molecular weight excluding hydrogens is 213 g/mol. The smallest absolute Gasteiger partial charge is 0.303 e. The first kappa shape index (κ1) is 10.3. The van der Waals surface area contributed by atoms with Crippen LogP contribution in [0, 0.1) is 5.82 Å². The molecule has 1 amide bonds. The highest BCUT2D eigenvalue weighted by Crippen LogP contribution is 2.19. The lowest BCUT2D eigenvalue weighted by molar-refractivity contribution is 0.0917. The molecule has 82 valence electrons. The molecule has 1 aromatic heterocycles. The Bertz CT molecular complexity index is 524. The molecule has 1 heterocycles. The Kier molecular flexibility index (Phi) is 2.65. The summed E-state index contributed by atoms with van der Waals surface area (Å²) in [6.45, 7) is 0. The van der Waals surface area contributed by atoms with Crippen LogP contribution in [-0.4, -0.2) is 11.1 Å². The van der Waals surface area contributed by atoms with Crippen LogP contribution in [0.25, 0.3) is 11.3 Å². The summed E-state index contributed by atoms with van der Waals surface area (Å²) >= 11 is 0. The minimum atomic E-state index is -0.588. The Hall–Kier alpha value is -2.21. The van der Waals surface area contributed by atoms with Gasteiger partial charge in [-0.05, 0) is 12.1 Å². The second kappa shape index (κ2) is 4.11. The molecule has 0 aliphatic rings. The van der Waals surface area contributed by atoms with E-state index < -0.39 is 5.91 Å². The van der Waals surface area contributed by atoms with Crippen LogP contribution in [0.4, 0.5) is 4.39 Å². The molecule has 5 nitrogen and oxygen atoms in total. The van der Waals surface area contributed by atoms with Gasteiger partial charge in [0.25, 0.3) is 0 Å². The van der Waals surface area contributed by atoms with E-state index in [0.717, 1.165) is 0 Å². The SMILES string of the molecule is NNC(=O)c1cc(-c2cccc(F)c2)no1. The molecule has 0 atom stereocenters. The average Bonchev–Trinajstić information content (AvgIpc) is 2.77. The number of halogens is 1. The van der Waals surface area contributed by atoms with Gasteiger partial charge in [0, 0.05) is 11.6 Å². The molecule has 16 heavy (non-hydrogen) atoms. The molecule has 0 bridgehead atoms. The van der Waals surface area contributed by atoms with Crippen molar-refractivity contribution in [2.24, 2.45) is 5.84 Å². The maximum atomic E-state index is 12.9. The van der Waals surface area contributed by atoms with E-state index in [0.29, 0.717) is 11.3 Å². The lowest BCUT2D eigenvalue weighted by Crippen LogP contribution is -2.29. The fraction of sp³-hybridized carbons (Fsp3) is 0. The number of amides is 1. The molecule has 2 rings (SSSR count). The van der Waals surface area contributed by atoms with Crippen molar-refractivity contribution in [1.29, 1.82) is 0 Å². The molecule has 0 saturated carbocycles. The summed E-state index contributed by atoms with van der Waals surface area (Å²) in [5, 5.41) is 3.64. The Morgan fingerprint density at radius 3 is 2.94 bits per heavy atom. The maximum absolute atomic E-state index is 12.9. The third kappa shape index (κ3) is 1.91. The number of nitrogen functional groups attached to an aromatic ring is 1. The molecule has 0 saturated heterocycles. The summed E-state index contributed by atoms with van der Waals surface area (Å²) < 4.78 is 17.7. The maximum Gasteiger partial charge on any atom is 0.303 e. The zero-order chi connectivity index (χ0) is 11.5.